The number of rotatable bonds is 18. The molecule has 22 aromatic rings. The second-order valence-corrected chi connectivity index (χ2v) is 40.9. The summed E-state index contributed by atoms with van der Waals surface area (Å²) in [4.78, 5) is 27.5. The summed E-state index contributed by atoms with van der Waals surface area (Å²) >= 11 is 0. The van der Waals surface area contributed by atoms with E-state index in [1.54, 1.807) is 0 Å². The smallest absolute Gasteiger partial charge is 0.125 e. The van der Waals surface area contributed by atoms with Crippen LogP contribution in [0, 0.1) is 102 Å². The maximum Gasteiger partial charge on any atom is 0.125 e. The molecule has 13 aromatic carbocycles. The molecule has 0 amide bonds. The van der Waals surface area contributed by atoms with E-state index in [0.29, 0.717) is 11.8 Å². The van der Waals surface area contributed by atoms with Gasteiger partial charge in [0.1, 0.15) is 16.7 Å². The Hall–Kier alpha value is -13.9. The molecular weight excluding hydrogens is 2330 g/mol. The van der Waals surface area contributed by atoms with Gasteiger partial charge >= 0.3 is 0 Å². The van der Waals surface area contributed by atoms with Gasteiger partial charge < -0.3 is 43.2 Å². The number of hydrogen-bond acceptors (Lipinski definition) is 9. The van der Waals surface area contributed by atoms with Gasteiger partial charge in [-0.1, -0.05) is 358 Å². The van der Waals surface area contributed by atoms with Gasteiger partial charge in [-0.05, 0) is 191 Å². The van der Waals surface area contributed by atoms with Crippen LogP contribution in [-0.2, 0) is 96.8 Å². The van der Waals surface area contributed by atoms with Crippen molar-refractivity contribution in [3.63, 3.8) is 0 Å². The molecule has 147 heavy (non-hydrogen) atoms. The van der Waals surface area contributed by atoms with Crippen LogP contribution in [0.1, 0.15) is 165 Å². The van der Waals surface area contributed by atoms with Gasteiger partial charge in [-0.15, -0.1) is 161 Å². The zero-order valence-corrected chi connectivity index (χ0v) is 94.2. The molecule has 745 valence electrons. The Morgan fingerprint density at radius 1 is 0.299 bits per heavy atom. The molecule has 0 aliphatic heterocycles. The van der Waals surface area contributed by atoms with Crippen LogP contribution in [-0.4, -0.2) is 29.9 Å². The number of aromatic nitrogens is 6. The molecule has 22 rings (SSSR count). The third-order valence-electron chi connectivity index (χ3n) is 26.5. The van der Waals surface area contributed by atoms with Crippen molar-refractivity contribution in [2.24, 2.45) is 17.3 Å². The Morgan fingerprint density at radius 3 is 1.35 bits per heavy atom. The summed E-state index contributed by atoms with van der Waals surface area (Å²) < 4.78 is 19.5. The molecule has 0 bridgehead atoms. The van der Waals surface area contributed by atoms with Crippen LogP contribution >= 0.6 is 0 Å². The Bertz CT molecular complexity index is 8090. The summed E-state index contributed by atoms with van der Waals surface area (Å²) in [5.74, 6) is 1.27. The van der Waals surface area contributed by atoms with Crippen LogP contribution in [0.3, 0.4) is 0 Å². The number of fused-ring (bicyclic) bond motifs is 9. The van der Waals surface area contributed by atoms with Gasteiger partial charge in [-0.3, -0.25) is 0 Å². The van der Waals surface area contributed by atoms with E-state index >= 15 is 0 Å². The van der Waals surface area contributed by atoms with Crippen molar-refractivity contribution >= 4 is 65.8 Å². The van der Waals surface area contributed by atoms with Crippen molar-refractivity contribution in [1.29, 1.82) is 0 Å². The van der Waals surface area contributed by atoms with Crippen molar-refractivity contribution < 1.29 is 73.6 Å². The van der Waals surface area contributed by atoms with Crippen LogP contribution < -0.4 is 0 Å². The van der Waals surface area contributed by atoms with Gasteiger partial charge in [-0.2, -0.15) is 0 Å². The topological polar surface area (TPSA) is 117 Å². The molecule has 9 nitrogen and oxygen atoms in total. The SMILES string of the molecule is CC(C)(C)Cc1ccnc(-c2[c-]ccc3c2oc2c(C(C)(C)c4ccccc4)cccc23)c1.Cc1c[c-]c(-c2cc(CC(C)C)c(C)cn2)cc1.Cc1c[c-]c(-c2ccc(C)cn2)cc1.Cc1cc(-c2[c-]cc(C(C)(C)c3ccccc3)c3c2oc2ccccc23)ncc1-c1ccccc1.Cc1ccc(-c2[c-]cccc2)nc1.Cc1cnc(-c2[c-]ccc3c2oc2cc(Cc4ccccc4)ccc23)cc1CC(C)C.[Ir].[Ir].[Ir]. The number of nitrogens with zero attached hydrogens (tertiary/aromatic N) is 6. The molecule has 12 heteroatoms. The van der Waals surface area contributed by atoms with E-state index in [1.165, 1.54) is 94.6 Å². The zero-order chi connectivity index (χ0) is 101. The molecule has 3 radical (unpaired) electrons. The Balaban J connectivity index is 0.000000144. The third-order valence-corrected chi connectivity index (χ3v) is 26.5. The maximum absolute atomic E-state index is 6.65. The summed E-state index contributed by atoms with van der Waals surface area (Å²) in [7, 11) is 0. The monoisotopic (exact) mass is 2460 g/mol. The molecule has 9 aromatic heterocycles. The van der Waals surface area contributed by atoms with Crippen molar-refractivity contribution in [1.82, 2.24) is 29.9 Å². The van der Waals surface area contributed by atoms with E-state index in [0.717, 1.165) is 165 Å². The molecule has 0 aliphatic carbocycles. The fourth-order valence-electron chi connectivity index (χ4n) is 18.6. The van der Waals surface area contributed by atoms with Gasteiger partial charge in [-0.25, -0.2) is 0 Å². The van der Waals surface area contributed by atoms with E-state index in [9.17, 15) is 0 Å². The third kappa shape index (κ3) is 26.4. The van der Waals surface area contributed by atoms with E-state index < -0.39 is 0 Å². The maximum atomic E-state index is 6.65. The number of para-hydroxylation sites is 2. The molecule has 0 spiro atoms. The van der Waals surface area contributed by atoms with Crippen molar-refractivity contribution in [2.75, 3.05) is 0 Å². The first-order valence-electron chi connectivity index (χ1n) is 50.0. The van der Waals surface area contributed by atoms with E-state index in [1.807, 2.05) is 136 Å². The number of hydrogen-bond donors (Lipinski definition) is 0. The second-order valence-electron chi connectivity index (χ2n) is 40.9. The predicted molar refractivity (Wildman–Crippen MR) is 598 cm³/mol. The predicted octanol–water partition coefficient (Wildman–Crippen LogP) is 35.0. The molecule has 0 unspecified atom stereocenters. The molecule has 0 atom stereocenters. The quantitative estimate of drug-likeness (QED) is 0.0774. The molecule has 0 N–H and O–H groups in total. The van der Waals surface area contributed by atoms with Crippen LogP contribution in [0.25, 0.3) is 144 Å². The van der Waals surface area contributed by atoms with E-state index in [4.69, 9.17) is 23.2 Å². The largest absolute Gasteiger partial charge is 0.501 e. The van der Waals surface area contributed by atoms with Crippen LogP contribution in [0.15, 0.2) is 378 Å². The summed E-state index contributed by atoms with van der Waals surface area (Å²) in [5.41, 5.74) is 39.0. The Kier molecular flexibility index (Phi) is 36.3. The fourth-order valence-corrected chi connectivity index (χ4v) is 18.6. The van der Waals surface area contributed by atoms with Crippen molar-refractivity contribution in [3.8, 4) is 78.7 Å². The minimum absolute atomic E-state index is 0. The van der Waals surface area contributed by atoms with Gasteiger partial charge in [0.05, 0.1) is 16.7 Å². The summed E-state index contributed by atoms with van der Waals surface area (Å²) in [6.07, 6.45) is 15.6. The standard InChI is InChI=1S/C33H26NO.C31H30NO.C29H26NO.C17H20N.C13H12N.C12H10N.3Ir/c1-22-20-29(34-21-27(22)23-12-6-4-7-13-23)25-18-19-28(33(2,3)24-14-8-5-9-15-24)31-26-16-10-11-17-30(26)35-32(25)31;1-30(2,3)20-21-17-18-32-27(19-21)25-15-9-13-23-24-14-10-16-26(29(24)33-28(23)25)31(4,5)22-11-7-6-8-12-22;1-19(2)14-23-17-27(30-18-20(23)3)26-11-7-10-25-24-13-12-22(16-28(24)31-29(25)26)15-21-8-5-4-6-9-21;1-12(2)9-16-10-17(18-11-14(16)4)15-7-5-13(3)6-8-15;1-10-3-6-12(7-4-10)13-8-5-11(2)9-14-13;1-10-7-8-12(13-9-10)11-5-3-2-4-6-11;;;/h4-17,19-21H,1-3H3;6-14,16-19H,20H2,1-5H3;4-10,12-13,16-19H,14-15H2,1-3H3;5-7,10-12H,9H2,1-4H3;3-6,8-9H,1-2H3;2-5,7-9H,1H3;;;/q6*-1;;;. The van der Waals surface area contributed by atoms with Gasteiger partial charge in [0, 0.05) is 130 Å². The van der Waals surface area contributed by atoms with Crippen LogP contribution in [0.2, 0.25) is 0 Å². The average molecular weight is 2460 g/mol. The normalized spacial score (nSPS) is 11.3. The summed E-state index contributed by atoms with van der Waals surface area (Å²) in [6.45, 7) is 39.4. The van der Waals surface area contributed by atoms with E-state index in [-0.39, 0.29) is 76.6 Å². The molecule has 0 fully saturated rings. The number of pyridine rings is 6. The molecule has 0 saturated carbocycles. The summed E-state index contributed by atoms with van der Waals surface area (Å²) in [5, 5.41) is 6.74. The van der Waals surface area contributed by atoms with Gasteiger partial charge in [0.25, 0.3) is 0 Å². The molecule has 9 heterocycles. The summed E-state index contributed by atoms with van der Waals surface area (Å²) in [6, 6.07) is 133. The van der Waals surface area contributed by atoms with Crippen molar-refractivity contribution in [3.05, 3.63) is 490 Å². The second kappa shape index (κ2) is 49.1. The Morgan fingerprint density at radius 2 is 0.782 bits per heavy atom. The Labute approximate surface area is 908 Å². The minimum Gasteiger partial charge on any atom is -0.501 e. The van der Waals surface area contributed by atoms with Crippen LogP contribution in [0.4, 0.5) is 0 Å². The molecule has 0 aliphatic rings. The van der Waals surface area contributed by atoms with E-state index in [2.05, 4.69) is 410 Å². The zero-order valence-electron chi connectivity index (χ0n) is 87.0. The first kappa shape index (κ1) is 109. The fraction of sp³-hybridized carbons (Fsp3) is 0.200. The first-order valence-corrected chi connectivity index (χ1v) is 50.0. The van der Waals surface area contributed by atoms with Gasteiger partial charge in [0.2, 0.25) is 0 Å². The van der Waals surface area contributed by atoms with Crippen molar-refractivity contribution in [2.45, 2.75) is 161 Å². The van der Waals surface area contributed by atoms with Gasteiger partial charge in [0.15, 0.2) is 0 Å². The number of aryl methyl sites for hydroxylation is 7. The number of benzene rings is 13. The minimum atomic E-state index is -0.221. The molecule has 0 saturated heterocycles. The average Bonchev–Trinajstić information content (AvgIpc) is 1.61. The first-order chi connectivity index (χ1) is 69.5. The van der Waals surface area contributed by atoms with Crippen LogP contribution in [0.5, 0.6) is 0 Å². The number of furan rings is 3. The molecular formula is C135H124Ir3N6O3-6.